The summed E-state index contributed by atoms with van der Waals surface area (Å²) in [5.41, 5.74) is 6.03. The van der Waals surface area contributed by atoms with Gasteiger partial charge < -0.3 is 10.8 Å². The van der Waals surface area contributed by atoms with Gasteiger partial charge in [-0.3, -0.25) is 0 Å². The van der Waals surface area contributed by atoms with Crippen molar-refractivity contribution in [2.45, 2.75) is 19.0 Å². The third-order valence-electron chi connectivity index (χ3n) is 1.85. The summed E-state index contributed by atoms with van der Waals surface area (Å²) in [5.74, 6) is 0.178. The molecule has 1 atom stereocenters. The zero-order valence-corrected chi connectivity index (χ0v) is 7.41. The van der Waals surface area contributed by atoms with Crippen molar-refractivity contribution in [3.63, 3.8) is 0 Å². The number of hydrogen-bond donors (Lipinski definition) is 2. The summed E-state index contributed by atoms with van der Waals surface area (Å²) in [6, 6.07) is 6.64. The molecule has 1 rings (SSSR count). The molecule has 0 aromatic heterocycles. The molecule has 0 aliphatic heterocycles. The molecule has 0 spiro atoms. The first-order chi connectivity index (χ1) is 6.22. The highest BCUT2D eigenvalue weighted by Crippen LogP contribution is 2.14. The number of aromatic hydroxyl groups is 1. The van der Waals surface area contributed by atoms with Crippen molar-refractivity contribution in [1.82, 2.24) is 0 Å². The quantitative estimate of drug-likeness (QED) is 0.745. The fourth-order valence-electron chi connectivity index (χ4n) is 1.22. The second-order valence-electron chi connectivity index (χ2n) is 3.05. The van der Waals surface area contributed by atoms with Gasteiger partial charge in [-0.05, 0) is 30.7 Å². The van der Waals surface area contributed by atoms with Crippen molar-refractivity contribution in [2.75, 3.05) is 6.54 Å². The van der Waals surface area contributed by atoms with E-state index in [0.29, 0.717) is 19.4 Å². The van der Waals surface area contributed by atoms with Gasteiger partial charge >= 0.3 is 0 Å². The highest BCUT2D eigenvalue weighted by molar-refractivity contribution is 5.27. The third-order valence-corrected chi connectivity index (χ3v) is 1.85. The molecule has 0 saturated heterocycles. The molecule has 72 valence electrons. The van der Waals surface area contributed by atoms with Gasteiger partial charge in [0.1, 0.15) is 11.9 Å². The molecule has 13 heavy (non-hydrogen) atoms. The third kappa shape index (κ3) is 3.42. The summed E-state index contributed by atoms with van der Waals surface area (Å²) in [7, 11) is 0. The standard InChI is InChI=1S/C10H14FNO/c11-9(4-5-12)6-8-2-1-3-10(13)7-8/h1-3,7,9,13H,4-6,12H2. The van der Waals surface area contributed by atoms with E-state index in [1.165, 1.54) is 0 Å². The number of benzene rings is 1. The van der Waals surface area contributed by atoms with Gasteiger partial charge in [0.25, 0.3) is 0 Å². The van der Waals surface area contributed by atoms with E-state index in [4.69, 9.17) is 10.8 Å². The Labute approximate surface area is 77.2 Å². The van der Waals surface area contributed by atoms with Crippen molar-refractivity contribution >= 4 is 0 Å². The largest absolute Gasteiger partial charge is 0.508 e. The van der Waals surface area contributed by atoms with Crippen molar-refractivity contribution in [1.29, 1.82) is 0 Å². The van der Waals surface area contributed by atoms with Crippen LogP contribution in [-0.4, -0.2) is 17.8 Å². The first kappa shape index (κ1) is 9.99. The van der Waals surface area contributed by atoms with E-state index in [1.807, 2.05) is 0 Å². The van der Waals surface area contributed by atoms with E-state index in [2.05, 4.69) is 0 Å². The van der Waals surface area contributed by atoms with Crippen LogP contribution in [0.3, 0.4) is 0 Å². The number of rotatable bonds is 4. The summed E-state index contributed by atoms with van der Waals surface area (Å²) in [6.45, 7) is 0.361. The normalized spacial score (nSPS) is 12.8. The average Bonchev–Trinajstić information content (AvgIpc) is 2.04. The number of hydrogen-bond acceptors (Lipinski definition) is 2. The summed E-state index contributed by atoms with van der Waals surface area (Å²) < 4.78 is 13.1. The predicted octanol–water partition coefficient (Wildman–Crippen LogP) is 1.62. The van der Waals surface area contributed by atoms with Crippen LogP contribution in [0.4, 0.5) is 4.39 Å². The fraction of sp³-hybridized carbons (Fsp3) is 0.400. The lowest BCUT2D eigenvalue weighted by Crippen LogP contribution is -2.11. The van der Waals surface area contributed by atoms with E-state index in [0.717, 1.165) is 5.56 Å². The molecule has 0 bridgehead atoms. The maximum Gasteiger partial charge on any atom is 0.115 e. The lowest BCUT2D eigenvalue weighted by atomic mass is 10.1. The number of phenols is 1. The molecule has 1 unspecified atom stereocenters. The van der Waals surface area contributed by atoms with Crippen LogP contribution in [0.25, 0.3) is 0 Å². The molecule has 0 amide bonds. The molecule has 1 aromatic rings. The van der Waals surface area contributed by atoms with Crippen LogP contribution in [0.2, 0.25) is 0 Å². The van der Waals surface area contributed by atoms with E-state index in [-0.39, 0.29) is 5.75 Å². The molecule has 0 aliphatic carbocycles. The van der Waals surface area contributed by atoms with E-state index < -0.39 is 6.17 Å². The maximum atomic E-state index is 13.1. The first-order valence-corrected chi connectivity index (χ1v) is 4.34. The molecular formula is C10H14FNO. The van der Waals surface area contributed by atoms with Crippen LogP contribution in [-0.2, 0) is 6.42 Å². The summed E-state index contributed by atoms with van der Waals surface area (Å²) in [6.07, 6.45) is -0.215. The Hall–Kier alpha value is -1.09. The van der Waals surface area contributed by atoms with Gasteiger partial charge in [-0.25, -0.2) is 4.39 Å². The Morgan fingerprint density at radius 1 is 1.46 bits per heavy atom. The zero-order chi connectivity index (χ0) is 9.68. The topological polar surface area (TPSA) is 46.2 Å². The van der Waals surface area contributed by atoms with Crippen molar-refractivity contribution < 1.29 is 9.50 Å². The zero-order valence-electron chi connectivity index (χ0n) is 7.41. The lowest BCUT2D eigenvalue weighted by Gasteiger charge is -2.06. The molecule has 3 heteroatoms. The van der Waals surface area contributed by atoms with Crippen LogP contribution >= 0.6 is 0 Å². The summed E-state index contributed by atoms with van der Waals surface area (Å²) in [5, 5.41) is 9.11. The van der Waals surface area contributed by atoms with Crippen LogP contribution in [0, 0.1) is 0 Å². The minimum atomic E-state index is -0.910. The number of halogens is 1. The van der Waals surface area contributed by atoms with Crippen molar-refractivity contribution in [3.8, 4) is 5.75 Å². The SMILES string of the molecule is NCCC(F)Cc1cccc(O)c1. The van der Waals surface area contributed by atoms with E-state index >= 15 is 0 Å². The van der Waals surface area contributed by atoms with Crippen LogP contribution in [0.15, 0.2) is 24.3 Å². The summed E-state index contributed by atoms with van der Waals surface area (Å²) >= 11 is 0. The van der Waals surface area contributed by atoms with Crippen LogP contribution < -0.4 is 5.73 Å². The number of alkyl halides is 1. The number of phenolic OH excluding ortho intramolecular Hbond substituents is 1. The minimum absolute atomic E-state index is 0.178. The van der Waals surface area contributed by atoms with Crippen LogP contribution in [0.5, 0.6) is 5.75 Å². The lowest BCUT2D eigenvalue weighted by molar-refractivity contribution is 0.316. The van der Waals surface area contributed by atoms with Gasteiger partial charge in [0, 0.05) is 6.42 Å². The molecule has 0 aliphatic rings. The first-order valence-electron chi connectivity index (χ1n) is 4.34. The molecule has 0 radical (unpaired) electrons. The van der Waals surface area contributed by atoms with Crippen molar-refractivity contribution in [2.24, 2.45) is 5.73 Å². The monoisotopic (exact) mass is 183 g/mol. The molecule has 0 saturated carbocycles. The second kappa shape index (κ2) is 4.82. The minimum Gasteiger partial charge on any atom is -0.508 e. The molecule has 2 nitrogen and oxygen atoms in total. The maximum absolute atomic E-state index is 13.1. The molecule has 3 N–H and O–H groups in total. The Morgan fingerprint density at radius 2 is 2.23 bits per heavy atom. The Morgan fingerprint density at radius 3 is 2.85 bits per heavy atom. The van der Waals surface area contributed by atoms with Gasteiger partial charge in [-0.2, -0.15) is 0 Å². The van der Waals surface area contributed by atoms with E-state index in [1.54, 1.807) is 24.3 Å². The van der Waals surface area contributed by atoms with Crippen molar-refractivity contribution in [3.05, 3.63) is 29.8 Å². The van der Waals surface area contributed by atoms with Gasteiger partial charge in [-0.1, -0.05) is 12.1 Å². The van der Waals surface area contributed by atoms with Gasteiger partial charge in [0.05, 0.1) is 0 Å². The Balaban J connectivity index is 2.53. The Bertz CT molecular complexity index is 265. The molecule has 0 fully saturated rings. The number of nitrogens with two attached hydrogens (primary N) is 1. The van der Waals surface area contributed by atoms with Gasteiger partial charge in [0.15, 0.2) is 0 Å². The molecule has 1 aromatic carbocycles. The predicted molar refractivity (Wildman–Crippen MR) is 50.4 cm³/mol. The fourth-order valence-corrected chi connectivity index (χ4v) is 1.22. The summed E-state index contributed by atoms with van der Waals surface area (Å²) in [4.78, 5) is 0. The van der Waals surface area contributed by atoms with Gasteiger partial charge in [0.2, 0.25) is 0 Å². The highest BCUT2D eigenvalue weighted by atomic mass is 19.1. The van der Waals surface area contributed by atoms with E-state index in [9.17, 15) is 4.39 Å². The van der Waals surface area contributed by atoms with Gasteiger partial charge in [-0.15, -0.1) is 0 Å². The Kier molecular flexibility index (Phi) is 3.71. The highest BCUT2D eigenvalue weighted by Gasteiger charge is 2.06. The molecule has 0 heterocycles. The smallest absolute Gasteiger partial charge is 0.115 e. The van der Waals surface area contributed by atoms with Crippen LogP contribution in [0.1, 0.15) is 12.0 Å². The average molecular weight is 183 g/mol. The second-order valence-corrected chi connectivity index (χ2v) is 3.05. The molecular weight excluding hydrogens is 169 g/mol.